The number of nitrogens with zero attached hydrogens (tertiary/aromatic N) is 1. The second-order valence-electron chi connectivity index (χ2n) is 5.23. The van der Waals surface area contributed by atoms with Crippen molar-refractivity contribution >= 4 is 15.9 Å². The number of ether oxygens (including phenoxy) is 1. The Labute approximate surface area is 147 Å². The van der Waals surface area contributed by atoms with Crippen LogP contribution in [0.5, 0.6) is 5.75 Å². The number of nitrogens with two attached hydrogens (primary N) is 1. The van der Waals surface area contributed by atoms with E-state index in [0.29, 0.717) is 12.4 Å². The molecule has 0 aliphatic rings. The van der Waals surface area contributed by atoms with Crippen LogP contribution in [-0.4, -0.2) is 31.8 Å². The Morgan fingerprint density at radius 1 is 1.12 bits per heavy atom. The van der Waals surface area contributed by atoms with Crippen molar-refractivity contribution in [2.45, 2.75) is 18.4 Å². The van der Waals surface area contributed by atoms with Gasteiger partial charge in [-0.3, -0.25) is 10.2 Å². The molecule has 1 amide bonds. The molecule has 0 unspecified atom stereocenters. The molecular weight excluding hydrogens is 342 g/mol. The molecule has 0 aromatic heterocycles. The molecule has 0 bridgehead atoms. The van der Waals surface area contributed by atoms with Crippen LogP contribution in [0.1, 0.15) is 12.5 Å². The summed E-state index contributed by atoms with van der Waals surface area (Å²) in [4.78, 5) is 11.7. The van der Waals surface area contributed by atoms with Gasteiger partial charge in [0.05, 0.1) is 18.0 Å². The molecule has 8 heteroatoms. The normalized spacial score (nSPS) is 11.3. The summed E-state index contributed by atoms with van der Waals surface area (Å²) in [7, 11) is -3.87. The Morgan fingerprint density at radius 2 is 1.76 bits per heavy atom. The van der Waals surface area contributed by atoms with Crippen LogP contribution in [0.4, 0.5) is 0 Å². The van der Waals surface area contributed by atoms with Crippen molar-refractivity contribution in [1.82, 2.24) is 9.73 Å². The van der Waals surface area contributed by atoms with Crippen LogP contribution in [0.3, 0.4) is 0 Å². The van der Waals surface area contributed by atoms with Gasteiger partial charge in [-0.2, -0.15) is 4.31 Å². The van der Waals surface area contributed by atoms with Gasteiger partial charge >= 0.3 is 0 Å². The topological polar surface area (TPSA) is 102 Å². The molecule has 25 heavy (non-hydrogen) atoms. The molecule has 0 fully saturated rings. The Kier molecular flexibility index (Phi) is 6.51. The molecule has 3 N–H and O–H groups in total. The average molecular weight is 363 g/mol. The smallest absolute Gasteiger partial charge is 0.249 e. The summed E-state index contributed by atoms with van der Waals surface area (Å²) in [5, 5.41) is 0. The number of hydrogen-bond acceptors (Lipinski definition) is 5. The summed E-state index contributed by atoms with van der Waals surface area (Å²) in [6, 6.07) is 15.1. The first-order valence-electron chi connectivity index (χ1n) is 7.73. The molecule has 0 saturated carbocycles. The highest BCUT2D eigenvalue weighted by atomic mass is 32.2. The van der Waals surface area contributed by atoms with Crippen molar-refractivity contribution in [3.63, 3.8) is 0 Å². The van der Waals surface area contributed by atoms with Crippen LogP contribution in [0.25, 0.3) is 0 Å². The van der Waals surface area contributed by atoms with Crippen molar-refractivity contribution in [2.75, 3.05) is 13.2 Å². The molecule has 2 aromatic rings. The summed E-state index contributed by atoms with van der Waals surface area (Å²) in [6.45, 7) is 2.02. The van der Waals surface area contributed by atoms with Gasteiger partial charge < -0.3 is 4.74 Å². The number of benzene rings is 2. The second-order valence-corrected chi connectivity index (χ2v) is 7.17. The third kappa shape index (κ3) is 5.02. The van der Waals surface area contributed by atoms with Crippen LogP contribution in [0.15, 0.2) is 59.5 Å². The highest BCUT2D eigenvalue weighted by molar-refractivity contribution is 7.89. The van der Waals surface area contributed by atoms with Crippen molar-refractivity contribution in [2.24, 2.45) is 5.84 Å². The number of carbonyl (C=O) groups excluding carboxylic acids is 1. The van der Waals surface area contributed by atoms with E-state index < -0.39 is 15.9 Å². The molecule has 2 aromatic carbocycles. The minimum absolute atomic E-state index is 0.0593. The Balaban J connectivity index is 2.31. The third-order valence-electron chi connectivity index (χ3n) is 3.46. The van der Waals surface area contributed by atoms with Gasteiger partial charge in [0.15, 0.2) is 0 Å². The van der Waals surface area contributed by atoms with E-state index in [-0.39, 0.29) is 18.0 Å². The fraction of sp³-hybridized carbons (Fsp3) is 0.235. The lowest BCUT2D eigenvalue weighted by atomic mass is 10.2. The van der Waals surface area contributed by atoms with E-state index in [4.69, 9.17) is 10.6 Å². The van der Waals surface area contributed by atoms with Gasteiger partial charge in [-0.05, 0) is 36.8 Å². The minimum Gasteiger partial charge on any atom is -0.494 e. The quantitative estimate of drug-likeness (QED) is 0.418. The number of sulfonamides is 1. The molecule has 134 valence electrons. The number of amides is 1. The van der Waals surface area contributed by atoms with Crippen LogP contribution in [-0.2, 0) is 21.4 Å². The molecule has 2 rings (SSSR count). The number of hydrogen-bond donors (Lipinski definition) is 2. The molecule has 0 aliphatic carbocycles. The number of rotatable bonds is 8. The Morgan fingerprint density at radius 3 is 2.32 bits per heavy atom. The predicted molar refractivity (Wildman–Crippen MR) is 94.0 cm³/mol. The molecule has 0 saturated heterocycles. The summed E-state index contributed by atoms with van der Waals surface area (Å²) in [6.07, 6.45) is 0. The SMILES string of the molecule is CCOc1ccc(S(=O)(=O)N(CC(=O)NN)Cc2ccccc2)cc1. The number of nitrogens with one attached hydrogen (secondary N) is 1. The van der Waals surface area contributed by atoms with Gasteiger partial charge in [0.1, 0.15) is 5.75 Å². The lowest BCUT2D eigenvalue weighted by Gasteiger charge is -2.21. The molecular formula is C17H21N3O4S. The van der Waals surface area contributed by atoms with Crippen molar-refractivity contribution in [3.05, 3.63) is 60.2 Å². The van der Waals surface area contributed by atoms with Gasteiger partial charge in [-0.25, -0.2) is 14.3 Å². The molecule has 0 radical (unpaired) electrons. The maximum atomic E-state index is 12.9. The lowest BCUT2D eigenvalue weighted by molar-refractivity contribution is -0.121. The van der Waals surface area contributed by atoms with E-state index in [1.165, 1.54) is 12.1 Å². The first-order valence-corrected chi connectivity index (χ1v) is 9.17. The zero-order valence-electron chi connectivity index (χ0n) is 13.9. The largest absolute Gasteiger partial charge is 0.494 e. The van der Waals surface area contributed by atoms with Gasteiger partial charge in [0.2, 0.25) is 15.9 Å². The molecule has 0 heterocycles. The first kappa shape index (κ1) is 18.9. The molecule has 0 spiro atoms. The fourth-order valence-electron chi connectivity index (χ4n) is 2.24. The summed E-state index contributed by atoms with van der Waals surface area (Å²) in [5.41, 5.74) is 2.73. The van der Waals surface area contributed by atoms with Gasteiger partial charge in [-0.15, -0.1) is 0 Å². The molecule has 0 aliphatic heterocycles. The standard InChI is InChI=1S/C17H21N3O4S/c1-2-24-15-8-10-16(11-9-15)25(22,23)20(13-17(21)19-18)12-14-6-4-3-5-7-14/h3-11H,2,12-13,18H2,1H3,(H,19,21). The van der Waals surface area contributed by atoms with Crippen molar-refractivity contribution in [1.29, 1.82) is 0 Å². The van der Waals surface area contributed by atoms with Crippen LogP contribution < -0.4 is 16.0 Å². The lowest BCUT2D eigenvalue weighted by Crippen LogP contribution is -2.42. The van der Waals surface area contributed by atoms with Crippen LogP contribution in [0.2, 0.25) is 0 Å². The monoisotopic (exact) mass is 363 g/mol. The average Bonchev–Trinajstić information content (AvgIpc) is 2.62. The Bertz CT molecular complexity index is 792. The highest BCUT2D eigenvalue weighted by Gasteiger charge is 2.26. The minimum atomic E-state index is -3.87. The van der Waals surface area contributed by atoms with Crippen LogP contribution in [0, 0.1) is 0 Å². The maximum absolute atomic E-state index is 12.9. The van der Waals surface area contributed by atoms with Gasteiger partial charge in [0, 0.05) is 6.54 Å². The summed E-state index contributed by atoms with van der Waals surface area (Å²) < 4.78 is 32.2. The fourth-order valence-corrected chi connectivity index (χ4v) is 3.63. The van der Waals surface area contributed by atoms with Gasteiger partial charge in [0.25, 0.3) is 0 Å². The second kappa shape index (κ2) is 8.61. The van der Waals surface area contributed by atoms with E-state index in [1.54, 1.807) is 36.4 Å². The van der Waals surface area contributed by atoms with E-state index in [2.05, 4.69) is 0 Å². The summed E-state index contributed by atoms with van der Waals surface area (Å²) >= 11 is 0. The van der Waals surface area contributed by atoms with Crippen molar-refractivity contribution in [3.8, 4) is 5.75 Å². The van der Waals surface area contributed by atoms with E-state index in [1.807, 2.05) is 18.4 Å². The Hall–Kier alpha value is -2.42. The van der Waals surface area contributed by atoms with E-state index >= 15 is 0 Å². The van der Waals surface area contributed by atoms with E-state index in [0.717, 1.165) is 9.87 Å². The molecule has 7 nitrogen and oxygen atoms in total. The molecule has 0 atom stereocenters. The predicted octanol–water partition coefficient (Wildman–Crippen LogP) is 1.27. The third-order valence-corrected chi connectivity index (χ3v) is 5.26. The highest BCUT2D eigenvalue weighted by Crippen LogP contribution is 2.21. The number of carbonyl (C=O) groups is 1. The number of hydrazine groups is 1. The van der Waals surface area contributed by atoms with Crippen LogP contribution >= 0.6 is 0 Å². The van der Waals surface area contributed by atoms with Gasteiger partial charge in [-0.1, -0.05) is 30.3 Å². The first-order chi connectivity index (χ1) is 12.0. The zero-order valence-corrected chi connectivity index (χ0v) is 14.7. The summed E-state index contributed by atoms with van der Waals surface area (Å²) in [5.74, 6) is 5.10. The van der Waals surface area contributed by atoms with E-state index in [9.17, 15) is 13.2 Å². The maximum Gasteiger partial charge on any atom is 0.249 e. The van der Waals surface area contributed by atoms with Crippen molar-refractivity contribution < 1.29 is 17.9 Å². The zero-order chi connectivity index (χ0) is 18.3.